The van der Waals surface area contributed by atoms with Gasteiger partial charge in [-0.25, -0.2) is 0 Å². The Morgan fingerprint density at radius 1 is 1.36 bits per heavy atom. The van der Waals surface area contributed by atoms with E-state index >= 15 is 0 Å². The summed E-state index contributed by atoms with van der Waals surface area (Å²) in [6, 6.07) is 6.88. The number of carboxylic acids is 1. The van der Waals surface area contributed by atoms with Crippen LogP contribution in [0.2, 0.25) is 0 Å². The minimum absolute atomic E-state index is 0.0140. The number of anilines is 1. The van der Waals surface area contributed by atoms with E-state index in [1.807, 2.05) is 0 Å². The summed E-state index contributed by atoms with van der Waals surface area (Å²) in [5, 5.41) is 11.3. The van der Waals surface area contributed by atoms with Crippen molar-refractivity contribution in [2.24, 2.45) is 0 Å². The predicted octanol–water partition coefficient (Wildman–Crippen LogP) is 0.835. The summed E-state index contributed by atoms with van der Waals surface area (Å²) in [6.45, 7) is 0.137. The molecule has 0 aliphatic heterocycles. The second kappa shape index (κ2) is 5.01. The SMILES string of the molecule is O=[C]CNc1ccc(CC(=O)O)cc1. The lowest BCUT2D eigenvalue weighted by Crippen LogP contribution is -2.03. The molecule has 1 aromatic carbocycles. The fraction of sp³-hybridized carbons (Fsp3) is 0.200. The second-order valence-corrected chi connectivity index (χ2v) is 2.77. The molecule has 0 atom stereocenters. The highest BCUT2D eigenvalue weighted by atomic mass is 16.4. The molecule has 0 saturated carbocycles. The molecule has 0 saturated heterocycles. The topological polar surface area (TPSA) is 66.4 Å². The van der Waals surface area contributed by atoms with Gasteiger partial charge in [-0.3, -0.25) is 9.59 Å². The van der Waals surface area contributed by atoms with Gasteiger partial charge in [0.25, 0.3) is 0 Å². The van der Waals surface area contributed by atoms with Crippen molar-refractivity contribution in [3.8, 4) is 0 Å². The van der Waals surface area contributed by atoms with Gasteiger partial charge in [0.05, 0.1) is 13.0 Å². The van der Waals surface area contributed by atoms with Gasteiger partial charge in [0, 0.05) is 5.69 Å². The lowest BCUT2D eigenvalue weighted by atomic mass is 10.1. The first-order chi connectivity index (χ1) is 6.72. The zero-order chi connectivity index (χ0) is 10.4. The number of carbonyl (C=O) groups is 1. The third kappa shape index (κ3) is 3.26. The Morgan fingerprint density at radius 3 is 2.50 bits per heavy atom. The molecule has 4 nitrogen and oxygen atoms in total. The number of benzene rings is 1. The molecule has 0 bridgehead atoms. The van der Waals surface area contributed by atoms with Gasteiger partial charge < -0.3 is 10.4 Å². The van der Waals surface area contributed by atoms with Crippen molar-refractivity contribution in [2.45, 2.75) is 6.42 Å². The van der Waals surface area contributed by atoms with Gasteiger partial charge in [-0.15, -0.1) is 0 Å². The van der Waals surface area contributed by atoms with Crippen molar-refractivity contribution in [1.29, 1.82) is 0 Å². The first-order valence-electron chi connectivity index (χ1n) is 4.12. The molecule has 0 amide bonds. The van der Waals surface area contributed by atoms with E-state index in [4.69, 9.17) is 5.11 Å². The molecule has 0 spiro atoms. The molecule has 1 aromatic rings. The Balaban J connectivity index is 2.58. The molecule has 73 valence electrons. The van der Waals surface area contributed by atoms with Crippen molar-refractivity contribution >= 4 is 17.9 Å². The number of hydrogen-bond acceptors (Lipinski definition) is 3. The van der Waals surface area contributed by atoms with Crippen LogP contribution in [0.25, 0.3) is 0 Å². The average Bonchev–Trinajstić information content (AvgIpc) is 2.16. The molecular weight excluding hydrogens is 182 g/mol. The number of carbonyl (C=O) groups excluding carboxylic acids is 1. The monoisotopic (exact) mass is 192 g/mol. The number of nitrogens with one attached hydrogen (secondary N) is 1. The first kappa shape index (κ1) is 10.2. The Labute approximate surface area is 81.6 Å². The van der Waals surface area contributed by atoms with Gasteiger partial charge in [-0.2, -0.15) is 0 Å². The van der Waals surface area contributed by atoms with E-state index in [0.29, 0.717) is 0 Å². The maximum absolute atomic E-state index is 10.4. The fourth-order valence-corrected chi connectivity index (χ4v) is 1.05. The van der Waals surface area contributed by atoms with Crippen molar-refractivity contribution in [1.82, 2.24) is 0 Å². The van der Waals surface area contributed by atoms with E-state index in [-0.39, 0.29) is 13.0 Å². The third-order valence-corrected chi connectivity index (χ3v) is 1.67. The summed E-state index contributed by atoms with van der Waals surface area (Å²) in [5.41, 5.74) is 1.51. The number of aliphatic carboxylic acids is 1. The van der Waals surface area contributed by atoms with E-state index in [0.717, 1.165) is 11.3 Å². The van der Waals surface area contributed by atoms with Gasteiger partial charge in [0.15, 0.2) is 0 Å². The largest absolute Gasteiger partial charge is 0.481 e. The number of hydrogen-bond donors (Lipinski definition) is 2. The predicted molar refractivity (Wildman–Crippen MR) is 52.0 cm³/mol. The van der Waals surface area contributed by atoms with E-state index < -0.39 is 5.97 Å². The maximum Gasteiger partial charge on any atom is 0.307 e. The van der Waals surface area contributed by atoms with E-state index in [1.165, 1.54) is 0 Å². The molecule has 2 N–H and O–H groups in total. The molecule has 4 heteroatoms. The van der Waals surface area contributed by atoms with Crippen molar-refractivity contribution in [3.63, 3.8) is 0 Å². The maximum atomic E-state index is 10.4. The van der Waals surface area contributed by atoms with Crippen molar-refractivity contribution in [3.05, 3.63) is 29.8 Å². The van der Waals surface area contributed by atoms with Crippen LogP contribution in [0.1, 0.15) is 5.56 Å². The highest BCUT2D eigenvalue weighted by Crippen LogP contribution is 2.09. The van der Waals surface area contributed by atoms with E-state index in [1.54, 1.807) is 30.6 Å². The van der Waals surface area contributed by atoms with Crippen molar-refractivity contribution < 1.29 is 14.7 Å². The Kier molecular flexibility index (Phi) is 3.67. The van der Waals surface area contributed by atoms with Crippen LogP contribution in [0.4, 0.5) is 5.69 Å². The number of rotatable bonds is 5. The molecule has 1 radical (unpaired) electrons. The van der Waals surface area contributed by atoms with Crippen LogP contribution in [0, 0.1) is 0 Å². The van der Waals surface area contributed by atoms with Crippen LogP contribution >= 0.6 is 0 Å². The van der Waals surface area contributed by atoms with Crippen LogP contribution in [-0.2, 0) is 16.0 Å². The summed E-state index contributed by atoms with van der Waals surface area (Å²) in [4.78, 5) is 20.3. The summed E-state index contributed by atoms with van der Waals surface area (Å²) < 4.78 is 0. The molecule has 0 aliphatic rings. The highest BCUT2D eigenvalue weighted by Gasteiger charge is 1.99. The van der Waals surface area contributed by atoms with Crippen LogP contribution in [0.3, 0.4) is 0 Å². The molecule has 0 unspecified atom stereocenters. The molecule has 0 aromatic heterocycles. The zero-order valence-electron chi connectivity index (χ0n) is 7.49. The Bertz CT molecular complexity index is 319. The van der Waals surface area contributed by atoms with Crippen LogP contribution in [-0.4, -0.2) is 23.9 Å². The molecule has 0 heterocycles. The Morgan fingerprint density at radius 2 is 2.00 bits per heavy atom. The van der Waals surface area contributed by atoms with Crippen LogP contribution in [0.5, 0.6) is 0 Å². The minimum Gasteiger partial charge on any atom is -0.481 e. The molecule has 14 heavy (non-hydrogen) atoms. The third-order valence-electron chi connectivity index (χ3n) is 1.67. The average molecular weight is 192 g/mol. The van der Waals surface area contributed by atoms with Crippen LogP contribution < -0.4 is 5.32 Å². The van der Waals surface area contributed by atoms with Gasteiger partial charge in [0.1, 0.15) is 0 Å². The molecule has 0 fully saturated rings. The van der Waals surface area contributed by atoms with Crippen LogP contribution in [0.15, 0.2) is 24.3 Å². The molecule has 0 aliphatic carbocycles. The fourth-order valence-electron chi connectivity index (χ4n) is 1.05. The van der Waals surface area contributed by atoms with E-state index in [2.05, 4.69) is 5.32 Å². The molecule has 1 rings (SSSR count). The lowest BCUT2D eigenvalue weighted by molar-refractivity contribution is -0.136. The van der Waals surface area contributed by atoms with Gasteiger partial charge in [0.2, 0.25) is 6.29 Å². The van der Waals surface area contributed by atoms with Gasteiger partial charge in [-0.1, -0.05) is 12.1 Å². The zero-order valence-corrected chi connectivity index (χ0v) is 7.49. The summed E-state index contributed by atoms with van der Waals surface area (Å²) in [6.07, 6.45) is 1.72. The lowest BCUT2D eigenvalue weighted by Gasteiger charge is -2.02. The minimum atomic E-state index is -0.855. The standard InChI is InChI=1S/C10H10NO3/c12-6-5-11-9-3-1-8(2-4-9)7-10(13)14/h1-4,11H,5,7H2,(H,13,14). The first-order valence-corrected chi connectivity index (χ1v) is 4.12. The summed E-state index contributed by atoms with van der Waals surface area (Å²) in [7, 11) is 0. The normalized spacial score (nSPS) is 9.43. The summed E-state index contributed by atoms with van der Waals surface area (Å²) in [5.74, 6) is -0.855. The van der Waals surface area contributed by atoms with Gasteiger partial charge in [-0.05, 0) is 17.7 Å². The quantitative estimate of drug-likeness (QED) is 0.725. The van der Waals surface area contributed by atoms with Crippen molar-refractivity contribution in [2.75, 3.05) is 11.9 Å². The highest BCUT2D eigenvalue weighted by molar-refractivity contribution is 5.70. The summed E-state index contributed by atoms with van der Waals surface area (Å²) >= 11 is 0. The smallest absolute Gasteiger partial charge is 0.307 e. The van der Waals surface area contributed by atoms with Gasteiger partial charge >= 0.3 is 5.97 Å². The second-order valence-electron chi connectivity index (χ2n) is 2.77. The Hall–Kier alpha value is -1.84. The number of carboxylic acid groups (broad SMARTS) is 1. The molecular formula is C10H10NO3. The van der Waals surface area contributed by atoms with E-state index in [9.17, 15) is 9.59 Å².